The van der Waals surface area contributed by atoms with E-state index in [4.69, 9.17) is 19.2 Å². The molecule has 0 spiro atoms. The van der Waals surface area contributed by atoms with Gasteiger partial charge in [-0.25, -0.2) is 9.78 Å². The molecule has 31 heavy (non-hydrogen) atoms. The van der Waals surface area contributed by atoms with Crippen LogP contribution in [0.15, 0.2) is 28.8 Å². The first-order valence-corrected chi connectivity index (χ1v) is 9.96. The zero-order chi connectivity index (χ0) is 22.8. The lowest BCUT2D eigenvalue weighted by atomic mass is 10.1. The van der Waals surface area contributed by atoms with Gasteiger partial charge in [0.25, 0.3) is 5.89 Å². The van der Waals surface area contributed by atoms with E-state index in [2.05, 4.69) is 16.4 Å². The van der Waals surface area contributed by atoms with Gasteiger partial charge in [0.1, 0.15) is 11.4 Å². The second kappa shape index (κ2) is 8.68. The van der Waals surface area contributed by atoms with Crippen molar-refractivity contribution in [3.8, 4) is 23.1 Å². The molecule has 0 saturated carbocycles. The van der Waals surface area contributed by atoms with E-state index in [0.29, 0.717) is 35.6 Å². The van der Waals surface area contributed by atoms with Gasteiger partial charge >= 0.3 is 12.0 Å². The van der Waals surface area contributed by atoms with Crippen molar-refractivity contribution in [2.45, 2.75) is 51.8 Å². The molecular weight excluding hydrogens is 400 g/mol. The van der Waals surface area contributed by atoms with Crippen LogP contribution in [-0.2, 0) is 4.74 Å². The highest BCUT2D eigenvalue weighted by atomic mass is 16.6. The maximum Gasteiger partial charge on any atom is 0.410 e. The van der Waals surface area contributed by atoms with Crippen molar-refractivity contribution in [1.82, 2.24) is 15.2 Å². The normalized spacial score (nSPS) is 18.4. The first kappa shape index (κ1) is 22.2. The fourth-order valence-electron chi connectivity index (χ4n) is 3.43. The molecule has 1 saturated heterocycles. The second-order valence-electron chi connectivity index (χ2n) is 8.44. The summed E-state index contributed by atoms with van der Waals surface area (Å²) in [5, 5.41) is 12.0. The maximum absolute atomic E-state index is 12.6. The van der Waals surface area contributed by atoms with Crippen molar-refractivity contribution in [2.75, 3.05) is 13.7 Å². The Hall–Kier alpha value is -3.54. The molecule has 2 atom stereocenters. The Morgan fingerprint density at radius 3 is 2.74 bits per heavy atom. The summed E-state index contributed by atoms with van der Waals surface area (Å²) in [5.74, 6) is 0.224. The van der Waals surface area contributed by atoms with E-state index in [1.165, 1.54) is 13.3 Å². The number of likely N-dealkylation sites (tertiary alicyclic amines) is 1. The SMILES string of the molecule is COc1ccc(C#N)cc1-c1cnc(C(=O)N[C@@H]2C[C@@H](C)N(C(=O)OC(C)(C)C)C2)o1. The first-order chi connectivity index (χ1) is 14.6. The molecule has 2 heterocycles. The number of hydrogen-bond acceptors (Lipinski definition) is 7. The van der Waals surface area contributed by atoms with Gasteiger partial charge in [0.15, 0.2) is 5.76 Å². The number of nitrogens with one attached hydrogen (secondary N) is 1. The molecule has 1 aromatic heterocycles. The predicted molar refractivity (Wildman–Crippen MR) is 111 cm³/mol. The molecule has 164 valence electrons. The summed E-state index contributed by atoms with van der Waals surface area (Å²) in [5.41, 5.74) is 0.371. The molecule has 0 aliphatic carbocycles. The zero-order valence-electron chi connectivity index (χ0n) is 18.3. The fraction of sp³-hybridized carbons (Fsp3) is 0.455. The Labute approximate surface area is 180 Å². The molecule has 1 aromatic carbocycles. The molecule has 9 nitrogen and oxygen atoms in total. The minimum Gasteiger partial charge on any atom is -0.496 e. The Kier molecular flexibility index (Phi) is 6.20. The number of carbonyl (C=O) groups is 2. The number of amides is 2. The average molecular weight is 426 g/mol. The van der Waals surface area contributed by atoms with Crippen LogP contribution >= 0.6 is 0 Å². The molecule has 0 bridgehead atoms. The van der Waals surface area contributed by atoms with E-state index in [1.807, 2.05) is 27.7 Å². The summed E-state index contributed by atoms with van der Waals surface area (Å²) in [6, 6.07) is 6.63. The first-order valence-electron chi connectivity index (χ1n) is 9.96. The van der Waals surface area contributed by atoms with E-state index in [0.717, 1.165) is 0 Å². The largest absolute Gasteiger partial charge is 0.496 e. The minimum atomic E-state index is -0.587. The smallest absolute Gasteiger partial charge is 0.410 e. The summed E-state index contributed by atoms with van der Waals surface area (Å²) in [6.45, 7) is 7.69. The third-order valence-corrected chi connectivity index (χ3v) is 4.83. The summed E-state index contributed by atoms with van der Waals surface area (Å²) < 4.78 is 16.4. The molecule has 3 rings (SSSR count). The Morgan fingerprint density at radius 1 is 1.35 bits per heavy atom. The van der Waals surface area contributed by atoms with E-state index < -0.39 is 17.6 Å². The third-order valence-electron chi connectivity index (χ3n) is 4.83. The summed E-state index contributed by atoms with van der Waals surface area (Å²) >= 11 is 0. The number of ether oxygens (including phenoxy) is 2. The van der Waals surface area contributed by atoms with Crippen molar-refractivity contribution < 1.29 is 23.5 Å². The van der Waals surface area contributed by atoms with Crippen LogP contribution in [0.1, 0.15) is 50.4 Å². The number of rotatable bonds is 4. The number of oxazole rings is 1. The second-order valence-corrected chi connectivity index (χ2v) is 8.44. The average Bonchev–Trinajstić information content (AvgIpc) is 3.33. The van der Waals surface area contributed by atoms with Crippen molar-refractivity contribution >= 4 is 12.0 Å². The van der Waals surface area contributed by atoms with Crippen LogP contribution in [0, 0.1) is 11.3 Å². The van der Waals surface area contributed by atoms with Crippen molar-refractivity contribution in [3.05, 3.63) is 35.9 Å². The van der Waals surface area contributed by atoms with Gasteiger partial charge in [0.2, 0.25) is 0 Å². The van der Waals surface area contributed by atoms with Crippen LogP contribution in [0.3, 0.4) is 0 Å². The zero-order valence-corrected chi connectivity index (χ0v) is 18.3. The van der Waals surface area contributed by atoms with Gasteiger partial charge in [0, 0.05) is 18.6 Å². The van der Waals surface area contributed by atoms with Gasteiger partial charge < -0.3 is 24.1 Å². The van der Waals surface area contributed by atoms with Gasteiger partial charge in [-0.3, -0.25) is 4.79 Å². The molecule has 2 aromatic rings. The van der Waals surface area contributed by atoms with Gasteiger partial charge in [-0.05, 0) is 52.3 Å². The molecule has 2 amide bonds. The van der Waals surface area contributed by atoms with Crippen molar-refractivity contribution in [3.63, 3.8) is 0 Å². The van der Waals surface area contributed by atoms with E-state index in [9.17, 15) is 9.59 Å². The lowest BCUT2D eigenvalue weighted by Crippen LogP contribution is -2.41. The number of aromatic nitrogens is 1. The number of nitriles is 1. The van der Waals surface area contributed by atoms with E-state index in [-0.39, 0.29) is 18.0 Å². The van der Waals surface area contributed by atoms with Gasteiger partial charge in [-0.1, -0.05) is 0 Å². The monoisotopic (exact) mass is 426 g/mol. The molecule has 0 radical (unpaired) electrons. The molecule has 1 aliphatic rings. The topological polar surface area (TPSA) is 118 Å². The maximum atomic E-state index is 12.6. The highest BCUT2D eigenvalue weighted by Crippen LogP contribution is 2.31. The van der Waals surface area contributed by atoms with Gasteiger partial charge in [-0.2, -0.15) is 5.26 Å². The highest BCUT2D eigenvalue weighted by Gasteiger charge is 2.36. The summed E-state index contributed by atoms with van der Waals surface area (Å²) in [6.07, 6.45) is 1.61. The van der Waals surface area contributed by atoms with E-state index >= 15 is 0 Å². The number of methoxy groups -OCH3 is 1. The van der Waals surface area contributed by atoms with Gasteiger partial charge in [-0.15, -0.1) is 0 Å². The Balaban J connectivity index is 1.69. The molecule has 1 fully saturated rings. The van der Waals surface area contributed by atoms with Crippen LogP contribution in [0.4, 0.5) is 4.79 Å². The molecule has 1 aliphatic heterocycles. The van der Waals surface area contributed by atoms with E-state index in [1.54, 1.807) is 23.1 Å². The number of carbonyl (C=O) groups excluding carboxylic acids is 2. The Morgan fingerprint density at radius 2 is 2.10 bits per heavy atom. The van der Waals surface area contributed by atoms with Crippen LogP contribution in [0.25, 0.3) is 11.3 Å². The summed E-state index contributed by atoms with van der Waals surface area (Å²) in [7, 11) is 1.51. The fourth-order valence-corrected chi connectivity index (χ4v) is 3.43. The highest BCUT2D eigenvalue weighted by molar-refractivity contribution is 5.90. The number of benzene rings is 1. The molecule has 1 N–H and O–H groups in total. The Bertz CT molecular complexity index is 1020. The quantitative estimate of drug-likeness (QED) is 0.796. The molecule has 9 heteroatoms. The van der Waals surface area contributed by atoms with Crippen LogP contribution < -0.4 is 10.1 Å². The number of hydrogen-bond donors (Lipinski definition) is 1. The molecular formula is C22H26N4O5. The van der Waals surface area contributed by atoms with Crippen LogP contribution in [-0.4, -0.2) is 53.2 Å². The third kappa shape index (κ3) is 5.15. The van der Waals surface area contributed by atoms with Crippen LogP contribution in [0.2, 0.25) is 0 Å². The standard InChI is InChI=1S/C22H26N4O5/c1-13-8-15(12-26(13)21(28)31-22(2,3)4)25-19(27)20-24-11-18(30-20)16-9-14(10-23)6-7-17(16)29-5/h6-7,9,11,13,15H,8,12H2,1-5H3,(H,25,27)/t13-,15-/m1/s1. The summed E-state index contributed by atoms with van der Waals surface area (Å²) in [4.78, 5) is 30.7. The molecule has 0 unspecified atom stereocenters. The lowest BCUT2D eigenvalue weighted by molar-refractivity contribution is 0.0235. The predicted octanol–water partition coefficient (Wildman–Crippen LogP) is 3.35. The number of nitrogens with zero attached hydrogens (tertiary/aromatic N) is 3. The van der Waals surface area contributed by atoms with Crippen molar-refractivity contribution in [2.24, 2.45) is 0 Å². The van der Waals surface area contributed by atoms with Crippen LogP contribution in [0.5, 0.6) is 5.75 Å². The van der Waals surface area contributed by atoms with Crippen molar-refractivity contribution in [1.29, 1.82) is 5.26 Å². The van der Waals surface area contributed by atoms with Gasteiger partial charge in [0.05, 0.1) is 30.5 Å². The lowest BCUT2D eigenvalue weighted by Gasteiger charge is -2.26. The minimum absolute atomic E-state index is 0.0711.